The molecule has 0 spiro atoms. The van der Waals surface area contributed by atoms with E-state index in [0.717, 1.165) is 25.3 Å². The van der Waals surface area contributed by atoms with Crippen molar-refractivity contribution in [2.75, 3.05) is 18.4 Å². The number of nitrogens with one attached hydrogen (secondary N) is 2. The van der Waals surface area contributed by atoms with E-state index in [4.69, 9.17) is 0 Å². The lowest BCUT2D eigenvalue weighted by molar-refractivity contribution is 0.762. The second kappa shape index (κ2) is 15.2. The fourth-order valence-corrected chi connectivity index (χ4v) is 1.61. The van der Waals surface area contributed by atoms with Crippen molar-refractivity contribution in [1.82, 2.24) is 5.32 Å². The van der Waals surface area contributed by atoms with Crippen molar-refractivity contribution in [3.63, 3.8) is 0 Å². The molecule has 0 aromatic heterocycles. The van der Waals surface area contributed by atoms with E-state index in [0.29, 0.717) is 0 Å². The summed E-state index contributed by atoms with van der Waals surface area (Å²) < 4.78 is 0. The summed E-state index contributed by atoms with van der Waals surface area (Å²) in [5.74, 6) is 0. The first-order valence-corrected chi connectivity index (χ1v) is 6.90. The van der Waals surface area contributed by atoms with Gasteiger partial charge in [0.1, 0.15) is 0 Å². The average Bonchev–Trinajstić information content (AvgIpc) is 2.49. The normalized spacial score (nSPS) is 8.48. The Morgan fingerprint density at radius 3 is 1.62 bits per heavy atom. The fourth-order valence-electron chi connectivity index (χ4n) is 1.61. The second-order valence-electron chi connectivity index (χ2n) is 4.16. The number of hydrogen-bond acceptors (Lipinski definition) is 2. The van der Waals surface area contributed by atoms with Gasteiger partial charge in [-0.25, -0.2) is 0 Å². The molecule has 0 unspecified atom stereocenters. The minimum Gasteiger partial charge on any atom is -0.381 e. The van der Waals surface area contributed by atoms with Crippen molar-refractivity contribution in [2.45, 2.75) is 20.4 Å². The monoisotopic (exact) mass is 328 g/mol. The third kappa shape index (κ3) is 11.1. The lowest BCUT2D eigenvalue weighted by atomic mass is 10.2. The smallest absolute Gasteiger partial charge is 0.0400 e. The van der Waals surface area contributed by atoms with Crippen molar-refractivity contribution in [1.29, 1.82) is 0 Å². The third-order valence-electron chi connectivity index (χ3n) is 2.61. The summed E-state index contributed by atoms with van der Waals surface area (Å²) in [6, 6.07) is 20.6. The number of halogens is 2. The maximum absolute atomic E-state index is 3.36. The number of rotatable bonds is 5. The van der Waals surface area contributed by atoms with Crippen LogP contribution in [0.1, 0.15) is 19.4 Å². The predicted octanol–water partition coefficient (Wildman–Crippen LogP) is 4.76. The molecule has 0 bridgehead atoms. The molecule has 2 aromatic rings. The van der Waals surface area contributed by atoms with Gasteiger partial charge in [0, 0.05) is 12.2 Å². The van der Waals surface area contributed by atoms with Crippen LogP contribution in [-0.2, 0) is 6.54 Å². The highest BCUT2D eigenvalue weighted by Crippen LogP contribution is 2.07. The Morgan fingerprint density at radius 2 is 1.19 bits per heavy atom. The molecule has 0 saturated carbocycles. The molecule has 118 valence electrons. The van der Waals surface area contributed by atoms with Crippen molar-refractivity contribution >= 4 is 30.5 Å². The first kappa shape index (κ1) is 22.1. The van der Waals surface area contributed by atoms with Crippen molar-refractivity contribution in [3.8, 4) is 0 Å². The topological polar surface area (TPSA) is 24.1 Å². The van der Waals surface area contributed by atoms with Gasteiger partial charge in [-0.15, -0.1) is 24.8 Å². The molecule has 0 amide bonds. The molecule has 2 nitrogen and oxygen atoms in total. The van der Waals surface area contributed by atoms with Crippen LogP contribution in [0.3, 0.4) is 0 Å². The predicted molar refractivity (Wildman–Crippen MR) is 98.9 cm³/mol. The Hall–Kier alpha value is -1.22. The molecule has 4 heteroatoms. The van der Waals surface area contributed by atoms with Gasteiger partial charge in [0.2, 0.25) is 0 Å². The Bertz CT molecular complexity index is 380. The number of anilines is 1. The van der Waals surface area contributed by atoms with Gasteiger partial charge in [0.05, 0.1) is 0 Å². The lowest BCUT2D eigenvalue weighted by Crippen LogP contribution is -2.09. The number of benzene rings is 2. The molecular formula is C17H26Cl2N2. The molecule has 0 heterocycles. The van der Waals surface area contributed by atoms with Gasteiger partial charge in [-0.3, -0.25) is 0 Å². The molecule has 0 fully saturated rings. The van der Waals surface area contributed by atoms with Crippen LogP contribution in [-0.4, -0.2) is 13.1 Å². The van der Waals surface area contributed by atoms with E-state index in [-0.39, 0.29) is 24.8 Å². The Kier molecular flexibility index (Phi) is 15.9. The Balaban J connectivity index is 0. The largest absolute Gasteiger partial charge is 0.381 e. The molecule has 2 N–H and O–H groups in total. The standard InChI is InChI=1S/C13H13N.C4H11N.2ClH/c1-3-7-12(8-4-1)11-14-13-9-5-2-6-10-13;1-3-5-4-2;;/h1-10,14H,11H2;5H,3-4H2,1-2H3;2*1H. The molecule has 0 aliphatic heterocycles. The van der Waals surface area contributed by atoms with E-state index in [2.05, 4.69) is 60.9 Å². The van der Waals surface area contributed by atoms with Crippen LogP contribution in [0.5, 0.6) is 0 Å². The molecule has 2 rings (SSSR count). The maximum Gasteiger partial charge on any atom is 0.0400 e. The van der Waals surface area contributed by atoms with Crippen LogP contribution in [0.25, 0.3) is 0 Å². The summed E-state index contributed by atoms with van der Waals surface area (Å²) in [5.41, 5.74) is 2.47. The highest BCUT2D eigenvalue weighted by atomic mass is 35.5. The molecule has 0 radical (unpaired) electrons. The number of para-hydroxylation sites is 1. The summed E-state index contributed by atoms with van der Waals surface area (Å²) in [5, 5.41) is 6.47. The maximum atomic E-state index is 3.36. The molecule has 0 atom stereocenters. The Morgan fingerprint density at radius 1 is 0.714 bits per heavy atom. The van der Waals surface area contributed by atoms with Crippen molar-refractivity contribution < 1.29 is 0 Å². The van der Waals surface area contributed by atoms with Crippen molar-refractivity contribution in [2.24, 2.45) is 0 Å². The van der Waals surface area contributed by atoms with Gasteiger partial charge in [-0.05, 0) is 30.8 Å². The zero-order valence-corrected chi connectivity index (χ0v) is 14.3. The van der Waals surface area contributed by atoms with Crippen LogP contribution in [0.4, 0.5) is 5.69 Å². The minimum absolute atomic E-state index is 0. The zero-order chi connectivity index (χ0) is 13.8. The van der Waals surface area contributed by atoms with E-state index < -0.39 is 0 Å². The second-order valence-corrected chi connectivity index (χ2v) is 4.16. The summed E-state index contributed by atoms with van der Waals surface area (Å²) in [6.45, 7) is 7.27. The minimum atomic E-state index is 0. The van der Waals surface area contributed by atoms with Crippen LogP contribution in [0.2, 0.25) is 0 Å². The SMILES string of the molecule is CCNCC.Cl.Cl.c1ccc(CNc2ccccc2)cc1. The van der Waals surface area contributed by atoms with Crippen LogP contribution < -0.4 is 10.6 Å². The molecule has 0 aliphatic rings. The molecule has 2 aromatic carbocycles. The quantitative estimate of drug-likeness (QED) is 0.826. The fraction of sp³-hybridized carbons (Fsp3) is 0.294. The summed E-state index contributed by atoms with van der Waals surface area (Å²) in [6.07, 6.45) is 0. The van der Waals surface area contributed by atoms with Gasteiger partial charge in [-0.2, -0.15) is 0 Å². The molecule has 0 aliphatic carbocycles. The van der Waals surface area contributed by atoms with Crippen LogP contribution >= 0.6 is 24.8 Å². The third-order valence-corrected chi connectivity index (χ3v) is 2.61. The number of hydrogen-bond donors (Lipinski definition) is 2. The average molecular weight is 329 g/mol. The van der Waals surface area contributed by atoms with Crippen molar-refractivity contribution in [3.05, 3.63) is 66.2 Å². The van der Waals surface area contributed by atoms with Crippen LogP contribution in [0.15, 0.2) is 60.7 Å². The first-order valence-electron chi connectivity index (χ1n) is 6.90. The van der Waals surface area contributed by atoms with E-state index in [1.54, 1.807) is 0 Å². The van der Waals surface area contributed by atoms with E-state index in [1.807, 2.05) is 24.3 Å². The summed E-state index contributed by atoms with van der Waals surface area (Å²) in [4.78, 5) is 0. The van der Waals surface area contributed by atoms with Crippen LogP contribution in [0, 0.1) is 0 Å². The van der Waals surface area contributed by atoms with Gasteiger partial charge >= 0.3 is 0 Å². The molecule has 21 heavy (non-hydrogen) atoms. The molecular weight excluding hydrogens is 303 g/mol. The van der Waals surface area contributed by atoms with E-state index in [1.165, 1.54) is 5.56 Å². The highest BCUT2D eigenvalue weighted by Gasteiger charge is 1.90. The first-order chi connectivity index (χ1) is 9.36. The molecule has 0 saturated heterocycles. The zero-order valence-electron chi connectivity index (χ0n) is 12.7. The van der Waals surface area contributed by atoms with Gasteiger partial charge in [0.25, 0.3) is 0 Å². The van der Waals surface area contributed by atoms with Gasteiger partial charge < -0.3 is 10.6 Å². The van der Waals surface area contributed by atoms with E-state index in [9.17, 15) is 0 Å². The van der Waals surface area contributed by atoms with Gasteiger partial charge in [-0.1, -0.05) is 62.4 Å². The Labute approximate surface area is 141 Å². The summed E-state index contributed by atoms with van der Waals surface area (Å²) >= 11 is 0. The van der Waals surface area contributed by atoms with E-state index >= 15 is 0 Å². The highest BCUT2D eigenvalue weighted by molar-refractivity contribution is 5.85. The summed E-state index contributed by atoms with van der Waals surface area (Å²) in [7, 11) is 0. The lowest BCUT2D eigenvalue weighted by Gasteiger charge is -2.05. The van der Waals surface area contributed by atoms with Gasteiger partial charge in [0.15, 0.2) is 0 Å².